The third kappa shape index (κ3) is 3.80. The fourth-order valence-electron chi connectivity index (χ4n) is 3.69. The van der Waals surface area contributed by atoms with E-state index in [9.17, 15) is 9.59 Å². The second kappa shape index (κ2) is 8.28. The number of carbonyl (C=O) groups is 1. The van der Waals surface area contributed by atoms with E-state index in [1.807, 2.05) is 24.3 Å². The van der Waals surface area contributed by atoms with Gasteiger partial charge in [0.05, 0.1) is 10.9 Å². The summed E-state index contributed by atoms with van der Waals surface area (Å²) in [6.45, 7) is 2.59. The van der Waals surface area contributed by atoms with Crippen molar-refractivity contribution in [3.05, 3.63) is 74.5 Å². The summed E-state index contributed by atoms with van der Waals surface area (Å²) in [5.74, 6) is 0.801. The quantitative estimate of drug-likeness (QED) is 0.432. The van der Waals surface area contributed by atoms with E-state index >= 15 is 0 Å². The van der Waals surface area contributed by atoms with Crippen molar-refractivity contribution in [1.82, 2.24) is 14.9 Å². The number of H-pyrrole nitrogens is 2. The maximum absolute atomic E-state index is 13.1. The second-order valence-electron chi connectivity index (χ2n) is 7.43. The van der Waals surface area contributed by atoms with Crippen molar-refractivity contribution in [3.63, 3.8) is 0 Å². The molecule has 0 spiro atoms. The Morgan fingerprint density at radius 3 is 2.73 bits per heavy atom. The summed E-state index contributed by atoms with van der Waals surface area (Å²) in [5.41, 5.74) is 2.65. The van der Waals surface area contributed by atoms with Gasteiger partial charge in [0.15, 0.2) is 4.77 Å². The number of para-hydroxylation sites is 1. The normalized spacial score (nSPS) is 11.3. The minimum Gasteiger partial charge on any atom is -0.461 e. The number of rotatable bonds is 6. The van der Waals surface area contributed by atoms with E-state index in [1.54, 1.807) is 30.1 Å². The third-order valence-corrected chi connectivity index (χ3v) is 5.47. The molecule has 4 aromatic rings. The number of nitrogens with zero attached hydrogens (tertiary/aromatic N) is 1. The molecule has 0 aliphatic rings. The first kappa shape index (κ1) is 20.1. The lowest BCUT2D eigenvalue weighted by molar-refractivity contribution is 0.0785. The first-order chi connectivity index (χ1) is 14.5. The van der Waals surface area contributed by atoms with E-state index in [0.717, 1.165) is 41.6 Å². The zero-order valence-corrected chi connectivity index (χ0v) is 17.8. The van der Waals surface area contributed by atoms with Gasteiger partial charge in [0.1, 0.15) is 11.3 Å². The number of amides is 1. The van der Waals surface area contributed by atoms with Crippen LogP contribution in [0.15, 0.2) is 51.7 Å². The van der Waals surface area contributed by atoms with Gasteiger partial charge in [-0.2, -0.15) is 0 Å². The summed E-state index contributed by atoms with van der Waals surface area (Å²) in [5, 5.41) is 1.50. The van der Waals surface area contributed by atoms with E-state index in [2.05, 4.69) is 16.9 Å². The van der Waals surface area contributed by atoms with E-state index in [-0.39, 0.29) is 16.2 Å². The number of aryl methyl sites for hydroxylation is 1. The molecule has 0 fully saturated rings. The number of fused-ring (bicyclic) bond motifs is 2. The Morgan fingerprint density at radius 2 is 1.93 bits per heavy atom. The fourth-order valence-corrected chi connectivity index (χ4v) is 3.90. The number of aromatic nitrogens is 2. The van der Waals surface area contributed by atoms with E-state index in [1.165, 1.54) is 0 Å². The van der Waals surface area contributed by atoms with Crippen molar-refractivity contribution in [2.75, 3.05) is 7.05 Å². The molecule has 2 N–H and O–H groups in total. The van der Waals surface area contributed by atoms with Crippen LogP contribution in [-0.4, -0.2) is 27.8 Å². The smallest absolute Gasteiger partial charge is 0.259 e. The van der Waals surface area contributed by atoms with Crippen molar-refractivity contribution in [2.24, 2.45) is 0 Å². The first-order valence-corrected chi connectivity index (χ1v) is 10.4. The summed E-state index contributed by atoms with van der Waals surface area (Å²) < 4.78 is 6.31. The highest BCUT2D eigenvalue weighted by Gasteiger charge is 2.19. The molecule has 1 amide bonds. The molecule has 0 radical (unpaired) electrons. The van der Waals surface area contributed by atoms with Gasteiger partial charge in [-0.1, -0.05) is 31.5 Å². The Morgan fingerprint density at radius 1 is 1.13 bits per heavy atom. The van der Waals surface area contributed by atoms with Crippen LogP contribution in [0.25, 0.3) is 21.9 Å². The number of aromatic amines is 2. The molecule has 7 heteroatoms. The molecule has 0 unspecified atom stereocenters. The molecule has 4 rings (SSSR count). The molecule has 2 heterocycles. The molecular formula is C23H23N3O3S. The van der Waals surface area contributed by atoms with Crippen LogP contribution in [0, 0.1) is 4.77 Å². The molecule has 30 heavy (non-hydrogen) atoms. The van der Waals surface area contributed by atoms with E-state index in [4.69, 9.17) is 16.6 Å². The highest BCUT2D eigenvalue weighted by Crippen LogP contribution is 2.28. The van der Waals surface area contributed by atoms with Gasteiger partial charge >= 0.3 is 0 Å². The molecule has 154 valence electrons. The Balaban J connectivity index is 1.66. The summed E-state index contributed by atoms with van der Waals surface area (Å²) in [6.07, 6.45) is 2.95. The Hall–Kier alpha value is -3.19. The van der Waals surface area contributed by atoms with Gasteiger partial charge in [-0.3, -0.25) is 14.6 Å². The molecule has 0 saturated heterocycles. The summed E-state index contributed by atoms with van der Waals surface area (Å²) >= 11 is 5.04. The Kier molecular flexibility index (Phi) is 5.55. The lowest BCUT2D eigenvalue weighted by Gasteiger charge is -2.18. The molecule has 0 aliphatic carbocycles. The van der Waals surface area contributed by atoms with Crippen molar-refractivity contribution in [3.8, 4) is 0 Å². The lowest BCUT2D eigenvalue weighted by atomic mass is 10.1. The standard InChI is InChI=1S/C23H23N3O3S/c1-3-4-8-20-17(15-7-5-6-9-19(15)29-20)13-26(2)22(28)14-10-11-16-18(12-14)24-23(30)25-21(16)27/h5-7,9-12H,3-4,8,13H2,1-2H3,(H2,24,25,27,30). The Labute approximate surface area is 178 Å². The summed E-state index contributed by atoms with van der Waals surface area (Å²) in [6, 6.07) is 12.9. The average molecular weight is 422 g/mol. The first-order valence-electron chi connectivity index (χ1n) is 9.99. The van der Waals surface area contributed by atoms with Crippen molar-refractivity contribution in [1.29, 1.82) is 0 Å². The molecule has 0 aliphatic heterocycles. The van der Waals surface area contributed by atoms with Crippen LogP contribution >= 0.6 is 12.2 Å². The maximum atomic E-state index is 13.1. The Bertz CT molecular complexity index is 1350. The highest BCUT2D eigenvalue weighted by atomic mass is 32.1. The number of hydrogen-bond acceptors (Lipinski definition) is 4. The van der Waals surface area contributed by atoms with Crippen LogP contribution in [-0.2, 0) is 13.0 Å². The van der Waals surface area contributed by atoms with Crippen LogP contribution in [0.3, 0.4) is 0 Å². The monoisotopic (exact) mass is 421 g/mol. The van der Waals surface area contributed by atoms with Crippen LogP contribution < -0.4 is 5.56 Å². The lowest BCUT2D eigenvalue weighted by Crippen LogP contribution is -2.26. The zero-order chi connectivity index (χ0) is 21.3. The summed E-state index contributed by atoms with van der Waals surface area (Å²) in [7, 11) is 1.78. The van der Waals surface area contributed by atoms with Crippen LogP contribution in [0.1, 0.15) is 41.4 Å². The van der Waals surface area contributed by atoms with Crippen molar-refractivity contribution in [2.45, 2.75) is 32.7 Å². The number of furan rings is 1. The second-order valence-corrected chi connectivity index (χ2v) is 7.84. The minimum absolute atomic E-state index is 0.136. The molecule has 2 aromatic carbocycles. The summed E-state index contributed by atoms with van der Waals surface area (Å²) in [4.78, 5) is 32.3. The van der Waals surface area contributed by atoms with E-state index < -0.39 is 0 Å². The van der Waals surface area contributed by atoms with Gasteiger partial charge in [-0.25, -0.2) is 0 Å². The predicted octanol–water partition coefficient (Wildman–Crippen LogP) is 4.95. The minimum atomic E-state index is -0.272. The highest BCUT2D eigenvalue weighted by molar-refractivity contribution is 7.71. The van der Waals surface area contributed by atoms with Crippen LogP contribution in [0.4, 0.5) is 0 Å². The third-order valence-electron chi connectivity index (χ3n) is 5.27. The maximum Gasteiger partial charge on any atom is 0.259 e. The van der Waals surface area contributed by atoms with Gasteiger partial charge in [0.2, 0.25) is 0 Å². The van der Waals surface area contributed by atoms with Crippen LogP contribution in [0.5, 0.6) is 0 Å². The van der Waals surface area contributed by atoms with Gasteiger partial charge in [-0.15, -0.1) is 0 Å². The number of hydrogen-bond donors (Lipinski definition) is 2. The molecule has 0 bridgehead atoms. The average Bonchev–Trinajstić information content (AvgIpc) is 3.08. The molecule has 0 saturated carbocycles. The van der Waals surface area contributed by atoms with Gasteiger partial charge in [-0.05, 0) is 42.9 Å². The largest absolute Gasteiger partial charge is 0.461 e. The van der Waals surface area contributed by atoms with Crippen molar-refractivity contribution < 1.29 is 9.21 Å². The van der Waals surface area contributed by atoms with Crippen LogP contribution in [0.2, 0.25) is 0 Å². The van der Waals surface area contributed by atoms with Gasteiger partial charge in [0.25, 0.3) is 11.5 Å². The molecule has 2 aromatic heterocycles. The fraction of sp³-hybridized carbons (Fsp3) is 0.261. The topological polar surface area (TPSA) is 82.1 Å². The van der Waals surface area contributed by atoms with Crippen molar-refractivity contribution >= 4 is 40.0 Å². The molecule has 6 nitrogen and oxygen atoms in total. The van der Waals surface area contributed by atoms with E-state index in [0.29, 0.717) is 23.0 Å². The number of nitrogens with one attached hydrogen (secondary N) is 2. The predicted molar refractivity (Wildman–Crippen MR) is 120 cm³/mol. The molecule has 0 atom stereocenters. The zero-order valence-electron chi connectivity index (χ0n) is 17.0. The number of carbonyl (C=O) groups excluding carboxylic acids is 1. The number of benzene rings is 2. The number of unbranched alkanes of at least 4 members (excludes halogenated alkanes) is 1. The SMILES string of the molecule is CCCCc1oc2ccccc2c1CN(C)C(=O)c1ccc2c(=O)[nH]c(=S)[nH]c2c1. The van der Waals surface area contributed by atoms with Gasteiger partial charge in [0, 0.05) is 36.5 Å². The molecular weight excluding hydrogens is 398 g/mol. The van der Waals surface area contributed by atoms with Gasteiger partial charge < -0.3 is 14.3 Å².